The second kappa shape index (κ2) is 7.30. The van der Waals surface area contributed by atoms with Crippen LogP contribution in [-0.2, 0) is 0 Å². The number of rotatable bonds is 5. The fraction of sp³-hybridized carbons (Fsp3) is 0.211. The molecule has 0 spiro atoms. The highest BCUT2D eigenvalue weighted by molar-refractivity contribution is 5.72. The van der Waals surface area contributed by atoms with Gasteiger partial charge in [-0.3, -0.25) is 9.55 Å². The van der Waals surface area contributed by atoms with E-state index in [1.54, 1.807) is 13.1 Å². The number of aryl methyl sites for hydroxylation is 1. The van der Waals surface area contributed by atoms with Crippen LogP contribution in [0.15, 0.2) is 41.6 Å². The lowest BCUT2D eigenvalue weighted by molar-refractivity contribution is 0.400. The molecule has 4 rings (SSSR count). The van der Waals surface area contributed by atoms with Crippen LogP contribution in [0.3, 0.4) is 0 Å². The smallest absolute Gasteiger partial charge is 0.328 e. The third kappa shape index (κ3) is 3.51. The monoisotopic (exact) mass is 395 g/mol. The molecule has 0 bridgehead atoms. The highest BCUT2D eigenvalue weighted by atomic mass is 19.1. The van der Waals surface area contributed by atoms with Crippen molar-refractivity contribution in [3.8, 4) is 5.88 Å². The molecule has 2 N–H and O–H groups in total. The first-order valence-electron chi connectivity index (χ1n) is 8.82. The van der Waals surface area contributed by atoms with Crippen molar-refractivity contribution in [1.82, 2.24) is 29.5 Å². The summed E-state index contributed by atoms with van der Waals surface area (Å²) in [5.41, 5.74) is 2.58. The van der Waals surface area contributed by atoms with Gasteiger partial charge in [0.05, 0.1) is 31.2 Å². The Labute approximate surface area is 164 Å². The van der Waals surface area contributed by atoms with Gasteiger partial charge in [0.2, 0.25) is 11.8 Å². The summed E-state index contributed by atoms with van der Waals surface area (Å²) in [7, 11) is 1.52. The van der Waals surface area contributed by atoms with Gasteiger partial charge in [-0.05, 0) is 37.6 Å². The third-order valence-corrected chi connectivity index (χ3v) is 4.45. The molecular formula is C19H18FN7O2. The molecule has 0 saturated heterocycles. The van der Waals surface area contributed by atoms with E-state index in [2.05, 4.69) is 30.2 Å². The summed E-state index contributed by atoms with van der Waals surface area (Å²) in [4.78, 5) is 32.3. The van der Waals surface area contributed by atoms with Crippen LogP contribution in [0.5, 0.6) is 5.88 Å². The molecule has 148 valence electrons. The number of halogens is 1. The number of imidazole rings is 1. The van der Waals surface area contributed by atoms with E-state index in [0.717, 1.165) is 11.8 Å². The van der Waals surface area contributed by atoms with E-state index in [9.17, 15) is 9.18 Å². The van der Waals surface area contributed by atoms with Crippen LogP contribution in [0.2, 0.25) is 0 Å². The van der Waals surface area contributed by atoms with E-state index in [-0.39, 0.29) is 11.6 Å². The molecule has 0 aliphatic rings. The molecule has 0 saturated carbocycles. The number of aromatic amines is 1. The first kappa shape index (κ1) is 18.5. The standard InChI is InChI=1S/C19H18FN7O2/c1-10-6-14(17(29-3)22-7-10)24-18-23-9-15-16(26-18)27(19(28)25-15)11(2)13-5-4-12(20)8-21-13/h4-9,11H,1-3H3,(H,25,28)(H,23,24,26)/t11-/m1/s1. The highest BCUT2D eigenvalue weighted by Gasteiger charge is 2.18. The van der Waals surface area contributed by atoms with Gasteiger partial charge in [0.15, 0.2) is 5.65 Å². The molecule has 0 amide bonds. The normalized spacial score (nSPS) is 12.1. The molecular weight excluding hydrogens is 377 g/mol. The molecule has 4 aromatic heterocycles. The Hall–Kier alpha value is -3.82. The van der Waals surface area contributed by atoms with E-state index in [0.29, 0.717) is 28.4 Å². The number of H-pyrrole nitrogens is 1. The number of pyridine rings is 2. The highest BCUT2D eigenvalue weighted by Crippen LogP contribution is 2.25. The summed E-state index contributed by atoms with van der Waals surface area (Å²) in [5.74, 6) is 0.228. The lowest BCUT2D eigenvalue weighted by atomic mass is 10.2. The second-order valence-corrected chi connectivity index (χ2v) is 6.50. The van der Waals surface area contributed by atoms with Crippen LogP contribution in [0.4, 0.5) is 16.0 Å². The number of fused-ring (bicyclic) bond motifs is 1. The van der Waals surface area contributed by atoms with Crippen LogP contribution in [0.25, 0.3) is 11.2 Å². The summed E-state index contributed by atoms with van der Waals surface area (Å²) in [5, 5.41) is 3.07. The largest absolute Gasteiger partial charge is 0.480 e. The number of nitrogens with zero attached hydrogens (tertiary/aromatic N) is 5. The number of ether oxygens (including phenoxy) is 1. The van der Waals surface area contributed by atoms with Crippen molar-refractivity contribution in [2.45, 2.75) is 19.9 Å². The van der Waals surface area contributed by atoms with E-state index in [4.69, 9.17) is 4.74 Å². The van der Waals surface area contributed by atoms with Gasteiger partial charge in [-0.25, -0.2) is 19.2 Å². The molecule has 0 fully saturated rings. The predicted molar refractivity (Wildman–Crippen MR) is 105 cm³/mol. The van der Waals surface area contributed by atoms with Crippen molar-refractivity contribution >= 4 is 22.8 Å². The van der Waals surface area contributed by atoms with E-state index < -0.39 is 11.9 Å². The topological polar surface area (TPSA) is 111 Å². The molecule has 0 unspecified atom stereocenters. The molecule has 0 aliphatic heterocycles. The molecule has 0 radical (unpaired) electrons. The van der Waals surface area contributed by atoms with Crippen LogP contribution < -0.4 is 15.7 Å². The first-order valence-corrected chi connectivity index (χ1v) is 8.82. The molecule has 1 atom stereocenters. The van der Waals surface area contributed by atoms with Gasteiger partial charge in [0.1, 0.15) is 17.0 Å². The maximum absolute atomic E-state index is 13.2. The van der Waals surface area contributed by atoms with Gasteiger partial charge in [0, 0.05) is 6.20 Å². The molecule has 0 aromatic carbocycles. The van der Waals surface area contributed by atoms with Gasteiger partial charge >= 0.3 is 5.69 Å². The lowest BCUT2D eigenvalue weighted by Crippen LogP contribution is -2.22. The SMILES string of the molecule is COc1ncc(C)cc1Nc1ncc2[nH]c(=O)n([C@H](C)c3ccc(F)cn3)c2n1. The molecule has 4 aromatic rings. The minimum atomic E-state index is -0.463. The van der Waals surface area contributed by atoms with Crippen molar-refractivity contribution in [1.29, 1.82) is 0 Å². The zero-order valence-electron chi connectivity index (χ0n) is 16.0. The number of methoxy groups -OCH3 is 1. The Morgan fingerprint density at radius 2 is 2.03 bits per heavy atom. The first-order chi connectivity index (χ1) is 14.0. The van der Waals surface area contributed by atoms with E-state index in [1.165, 1.54) is 30.0 Å². The van der Waals surface area contributed by atoms with Crippen LogP contribution in [0.1, 0.15) is 24.2 Å². The van der Waals surface area contributed by atoms with Gasteiger partial charge in [-0.15, -0.1) is 0 Å². The molecule has 4 heterocycles. The lowest BCUT2D eigenvalue weighted by Gasteiger charge is -2.13. The summed E-state index contributed by atoms with van der Waals surface area (Å²) in [6.45, 7) is 3.69. The van der Waals surface area contributed by atoms with Gasteiger partial charge < -0.3 is 15.0 Å². The van der Waals surface area contributed by atoms with Crippen LogP contribution in [0, 0.1) is 12.7 Å². The summed E-state index contributed by atoms with van der Waals surface area (Å²) in [6.07, 6.45) is 4.32. The van der Waals surface area contributed by atoms with Crippen LogP contribution in [-0.4, -0.2) is 36.6 Å². The van der Waals surface area contributed by atoms with Crippen molar-refractivity contribution in [3.05, 3.63) is 64.3 Å². The second-order valence-electron chi connectivity index (χ2n) is 6.50. The van der Waals surface area contributed by atoms with E-state index >= 15 is 0 Å². The maximum atomic E-state index is 13.2. The minimum Gasteiger partial charge on any atom is -0.480 e. The molecule has 9 nitrogen and oxygen atoms in total. The Morgan fingerprint density at radius 1 is 1.21 bits per heavy atom. The summed E-state index contributed by atoms with van der Waals surface area (Å²) < 4.78 is 19.9. The summed E-state index contributed by atoms with van der Waals surface area (Å²) >= 11 is 0. The quantitative estimate of drug-likeness (QED) is 0.534. The maximum Gasteiger partial charge on any atom is 0.328 e. The predicted octanol–water partition coefficient (Wildman–Crippen LogP) is 2.72. The number of aromatic nitrogens is 6. The zero-order chi connectivity index (χ0) is 20.5. The fourth-order valence-corrected chi connectivity index (χ4v) is 3.03. The van der Waals surface area contributed by atoms with E-state index in [1.807, 2.05) is 13.0 Å². The Morgan fingerprint density at radius 3 is 2.76 bits per heavy atom. The number of nitrogens with one attached hydrogen (secondary N) is 2. The minimum absolute atomic E-state index is 0.273. The van der Waals surface area contributed by atoms with Crippen molar-refractivity contribution in [2.24, 2.45) is 0 Å². The molecule has 10 heteroatoms. The Kier molecular flexibility index (Phi) is 4.67. The molecule has 29 heavy (non-hydrogen) atoms. The third-order valence-electron chi connectivity index (χ3n) is 4.45. The van der Waals surface area contributed by atoms with Crippen molar-refractivity contribution < 1.29 is 9.13 Å². The van der Waals surface area contributed by atoms with Gasteiger partial charge in [-0.1, -0.05) is 0 Å². The number of hydrogen-bond donors (Lipinski definition) is 2. The van der Waals surface area contributed by atoms with Crippen molar-refractivity contribution in [3.63, 3.8) is 0 Å². The van der Waals surface area contributed by atoms with Gasteiger partial charge in [-0.2, -0.15) is 4.98 Å². The average Bonchev–Trinajstić information content (AvgIpc) is 3.03. The molecule has 0 aliphatic carbocycles. The number of hydrogen-bond acceptors (Lipinski definition) is 7. The van der Waals surface area contributed by atoms with Crippen molar-refractivity contribution in [2.75, 3.05) is 12.4 Å². The summed E-state index contributed by atoms with van der Waals surface area (Å²) in [6, 6.07) is 4.23. The van der Waals surface area contributed by atoms with Crippen LogP contribution >= 0.6 is 0 Å². The Bertz CT molecular complexity index is 1230. The Balaban J connectivity index is 1.76. The average molecular weight is 395 g/mol. The number of anilines is 2. The fourth-order valence-electron chi connectivity index (χ4n) is 3.03. The van der Waals surface area contributed by atoms with Gasteiger partial charge in [0.25, 0.3) is 0 Å². The zero-order valence-corrected chi connectivity index (χ0v) is 16.0.